The van der Waals surface area contributed by atoms with Crippen LogP contribution in [-0.4, -0.2) is 40.2 Å². The molecular formula is C11H20N2O3S. The smallest absolute Gasteiger partial charge is 0.325 e. The summed E-state index contributed by atoms with van der Waals surface area (Å²) in [4.78, 5) is 22.0. The molecule has 98 valence electrons. The minimum atomic E-state index is -1.02. The van der Waals surface area contributed by atoms with Crippen LogP contribution in [0.4, 0.5) is 4.79 Å². The largest absolute Gasteiger partial charge is 0.480 e. The Morgan fingerprint density at radius 2 is 2.18 bits per heavy atom. The van der Waals surface area contributed by atoms with E-state index in [1.54, 1.807) is 0 Å². The van der Waals surface area contributed by atoms with Crippen LogP contribution in [-0.2, 0) is 4.79 Å². The van der Waals surface area contributed by atoms with Gasteiger partial charge in [-0.2, -0.15) is 11.8 Å². The molecule has 2 unspecified atom stereocenters. The van der Waals surface area contributed by atoms with E-state index in [1.165, 1.54) is 6.92 Å². The minimum absolute atomic E-state index is 0.181. The van der Waals surface area contributed by atoms with Crippen LogP contribution in [0.2, 0.25) is 0 Å². The van der Waals surface area contributed by atoms with E-state index in [1.807, 2.05) is 11.8 Å². The van der Waals surface area contributed by atoms with E-state index in [0.717, 1.165) is 25.0 Å². The molecule has 5 nitrogen and oxygen atoms in total. The van der Waals surface area contributed by atoms with Crippen molar-refractivity contribution < 1.29 is 14.7 Å². The first-order chi connectivity index (χ1) is 8.02. The van der Waals surface area contributed by atoms with Crippen molar-refractivity contribution in [2.24, 2.45) is 0 Å². The predicted octanol–water partition coefficient (Wildman–Crippen LogP) is 1.43. The number of carboxylic acid groups (broad SMARTS) is 1. The van der Waals surface area contributed by atoms with Crippen molar-refractivity contribution in [1.82, 2.24) is 10.6 Å². The van der Waals surface area contributed by atoms with Crippen molar-refractivity contribution in [3.8, 4) is 0 Å². The topological polar surface area (TPSA) is 78.4 Å². The Labute approximate surface area is 106 Å². The van der Waals surface area contributed by atoms with Crippen molar-refractivity contribution in [2.75, 3.05) is 5.75 Å². The number of hydrogen-bond acceptors (Lipinski definition) is 3. The summed E-state index contributed by atoms with van der Waals surface area (Å²) >= 11 is 1.92. The second kappa shape index (κ2) is 6.74. The standard InChI is InChI=1S/C11H20N2O3S/c1-3-17-9-5-4-8(6-9)13-11(16)12-7(2)10(14)15/h7-9H,3-6H2,1-2H3,(H,14,15)(H2,12,13,16)/t7-,8?,9?/m0/s1. The van der Waals surface area contributed by atoms with Crippen molar-refractivity contribution in [3.63, 3.8) is 0 Å². The molecule has 0 spiro atoms. The van der Waals surface area contributed by atoms with Gasteiger partial charge in [0, 0.05) is 11.3 Å². The number of carboxylic acids is 1. The number of rotatable bonds is 5. The average Bonchev–Trinajstić information content (AvgIpc) is 2.65. The molecule has 6 heteroatoms. The molecule has 2 amide bonds. The molecule has 0 aromatic carbocycles. The normalized spacial score (nSPS) is 25.3. The Balaban J connectivity index is 2.26. The molecule has 1 fully saturated rings. The Hall–Kier alpha value is -0.910. The molecule has 3 atom stereocenters. The third kappa shape index (κ3) is 4.85. The van der Waals surface area contributed by atoms with E-state index in [2.05, 4.69) is 17.6 Å². The summed E-state index contributed by atoms with van der Waals surface area (Å²) in [6, 6.07) is -1.05. The van der Waals surface area contributed by atoms with E-state index in [0.29, 0.717) is 5.25 Å². The van der Waals surface area contributed by atoms with Gasteiger partial charge >= 0.3 is 12.0 Å². The highest BCUT2D eigenvalue weighted by Crippen LogP contribution is 2.29. The van der Waals surface area contributed by atoms with Gasteiger partial charge in [0.05, 0.1) is 0 Å². The van der Waals surface area contributed by atoms with Gasteiger partial charge in [-0.3, -0.25) is 4.79 Å². The molecule has 0 aliphatic heterocycles. The first-order valence-electron chi connectivity index (χ1n) is 5.94. The van der Waals surface area contributed by atoms with Gasteiger partial charge < -0.3 is 15.7 Å². The number of amides is 2. The molecule has 1 rings (SSSR count). The van der Waals surface area contributed by atoms with Crippen molar-refractivity contribution >= 4 is 23.8 Å². The number of thioether (sulfide) groups is 1. The van der Waals surface area contributed by atoms with Crippen molar-refractivity contribution in [1.29, 1.82) is 0 Å². The molecule has 0 aromatic heterocycles. The quantitative estimate of drug-likeness (QED) is 0.699. The molecule has 1 saturated carbocycles. The van der Waals surface area contributed by atoms with E-state index < -0.39 is 12.0 Å². The zero-order valence-corrected chi connectivity index (χ0v) is 11.0. The molecule has 1 aliphatic carbocycles. The van der Waals surface area contributed by atoms with Gasteiger partial charge in [-0.25, -0.2) is 4.79 Å². The Morgan fingerprint density at radius 3 is 2.76 bits per heavy atom. The first-order valence-corrected chi connectivity index (χ1v) is 6.99. The summed E-state index contributed by atoms with van der Waals surface area (Å²) in [5.74, 6) is 0.0746. The maximum Gasteiger partial charge on any atom is 0.325 e. The lowest BCUT2D eigenvalue weighted by Gasteiger charge is -2.15. The number of nitrogens with one attached hydrogen (secondary N) is 2. The van der Waals surface area contributed by atoms with Crippen LogP contribution in [0.15, 0.2) is 0 Å². The lowest BCUT2D eigenvalue weighted by molar-refractivity contribution is -0.138. The highest BCUT2D eigenvalue weighted by atomic mass is 32.2. The highest BCUT2D eigenvalue weighted by Gasteiger charge is 2.26. The fourth-order valence-electron chi connectivity index (χ4n) is 1.94. The maximum atomic E-state index is 11.5. The monoisotopic (exact) mass is 260 g/mol. The second-order valence-corrected chi connectivity index (χ2v) is 5.84. The molecule has 0 saturated heterocycles. The summed E-state index contributed by atoms with van der Waals surface area (Å²) in [6.45, 7) is 3.58. The van der Waals surface area contributed by atoms with Gasteiger partial charge in [0.1, 0.15) is 6.04 Å². The second-order valence-electron chi connectivity index (χ2n) is 4.27. The molecule has 0 heterocycles. The fraction of sp³-hybridized carbons (Fsp3) is 0.818. The summed E-state index contributed by atoms with van der Waals surface area (Å²) in [5, 5.41) is 14.5. The molecule has 1 aliphatic rings. The van der Waals surface area contributed by atoms with E-state index in [9.17, 15) is 9.59 Å². The van der Waals surface area contributed by atoms with Gasteiger partial charge in [0.2, 0.25) is 0 Å². The number of urea groups is 1. The van der Waals surface area contributed by atoms with Crippen LogP contribution >= 0.6 is 11.8 Å². The van der Waals surface area contributed by atoms with Gasteiger partial charge in [-0.15, -0.1) is 0 Å². The molecule has 0 bridgehead atoms. The maximum absolute atomic E-state index is 11.5. The van der Waals surface area contributed by atoms with Crippen molar-refractivity contribution in [2.45, 2.75) is 50.4 Å². The van der Waals surface area contributed by atoms with Crippen LogP contribution in [0.3, 0.4) is 0 Å². The Bertz CT molecular complexity index is 286. The zero-order chi connectivity index (χ0) is 12.8. The van der Waals surface area contributed by atoms with Gasteiger partial charge in [-0.05, 0) is 31.9 Å². The molecule has 0 radical (unpaired) electrons. The molecule has 3 N–H and O–H groups in total. The first kappa shape index (κ1) is 14.2. The fourth-order valence-corrected chi connectivity index (χ4v) is 3.09. The predicted molar refractivity (Wildman–Crippen MR) is 68.3 cm³/mol. The number of carbonyl (C=O) groups is 2. The van der Waals surface area contributed by atoms with Crippen LogP contribution in [0.25, 0.3) is 0 Å². The number of aliphatic carboxylic acids is 1. The summed E-state index contributed by atoms with van der Waals surface area (Å²) < 4.78 is 0. The number of hydrogen-bond donors (Lipinski definition) is 3. The molecule has 17 heavy (non-hydrogen) atoms. The SMILES string of the molecule is CCSC1CCC(NC(=O)N[C@@H](C)C(=O)O)C1. The molecular weight excluding hydrogens is 240 g/mol. The van der Waals surface area contributed by atoms with Crippen LogP contribution in [0, 0.1) is 0 Å². The third-order valence-electron chi connectivity index (χ3n) is 2.84. The molecule has 0 aromatic rings. The third-order valence-corrected chi connectivity index (χ3v) is 4.07. The number of carbonyl (C=O) groups excluding carboxylic acids is 1. The summed E-state index contributed by atoms with van der Waals surface area (Å²) in [6.07, 6.45) is 3.08. The highest BCUT2D eigenvalue weighted by molar-refractivity contribution is 7.99. The van der Waals surface area contributed by atoms with E-state index in [-0.39, 0.29) is 12.1 Å². The Kier molecular flexibility index (Phi) is 5.61. The van der Waals surface area contributed by atoms with Crippen LogP contribution in [0.1, 0.15) is 33.1 Å². The lowest BCUT2D eigenvalue weighted by Crippen LogP contribution is -2.47. The lowest BCUT2D eigenvalue weighted by atomic mass is 10.2. The van der Waals surface area contributed by atoms with Crippen molar-refractivity contribution in [3.05, 3.63) is 0 Å². The minimum Gasteiger partial charge on any atom is -0.480 e. The van der Waals surface area contributed by atoms with Crippen LogP contribution in [0.5, 0.6) is 0 Å². The van der Waals surface area contributed by atoms with Crippen LogP contribution < -0.4 is 10.6 Å². The van der Waals surface area contributed by atoms with Gasteiger partial charge in [0.15, 0.2) is 0 Å². The van der Waals surface area contributed by atoms with E-state index >= 15 is 0 Å². The Morgan fingerprint density at radius 1 is 1.47 bits per heavy atom. The summed E-state index contributed by atoms with van der Waals surface area (Å²) in [5.41, 5.74) is 0. The van der Waals surface area contributed by atoms with E-state index in [4.69, 9.17) is 5.11 Å². The average molecular weight is 260 g/mol. The zero-order valence-electron chi connectivity index (χ0n) is 10.2. The van der Waals surface area contributed by atoms with Gasteiger partial charge in [-0.1, -0.05) is 6.92 Å². The summed E-state index contributed by atoms with van der Waals surface area (Å²) in [7, 11) is 0. The van der Waals surface area contributed by atoms with Gasteiger partial charge in [0.25, 0.3) is 0 Å².